The molecular formula is C26H49N3O2. The molecule has 0 aliphatic carbocycles. The first-order chi connectivity index (χ1) is 15.0. The van der Waals surface area contributed by atoms with Crippen LogP contribution in [0.15, 0.2) is 24.4 Å². The molecule has 2 amide bonds. The highest BCUT2D eigenvalue weighted by molar-refractivity contribution is 5.77. The van der Waals surface area contributed by atoms with E-state index in [1.54, 1.807) is 4.90 Å². The van der Waals surface area contributed by atoms with Crippen LogP contribution in [0.25, 0.3) is 0 Å². The predicted molar refractivity (Wildman–Crippen MR) is 133 cm³/mol. The topological polar surface area (TPSA) is 53.5 Å². The minimum Gasteiger partial charge on any atom is -0.345 e. The Morgan fingerprint density at radius 1 is 0.871 bits per heavy atom. The van der Waals surface area contributed by atoms with Crippen LogP contribution in [0.5, 0.6) is 0 Å². The lowest BCUT2D eigenvalue weighted by Gasteiger charge is -2.29. The largest absolute Gasteiger partial charge is 0.345 e. The van der Waals surface area contributed by atoms with E-state index < -0.39 is 0 Å². The molecule has 31 heavy (non-hydrogen) atoms. The number of piperidine rings is 2. The second kappa shape index (κ2) is 20.0. The molecule has 5 heteroatoms. The highest BCUT2D eigenvalue weighted by atomic mass is 16.2. The molecule has 2 aliphatic rings. The van der Waals surface area contributed by atoms with Crippen molar-refractivity contribution >= 4 is 11.8 Å². The second-order valence-corrected chi connectivity index (χ2v) is 7.23. The number of likely N-dealkylation sites (N-methyl/N-ethyl adjacent to an activating group) is 1. The van der Waals surface area contributed by atoms with Gasteiger partial charge < -0.3 is 9.80 Å². The molecule has 2 unspecified atom stereocenters. The van der Waals surface area contributed by atoms with Gasteiger partial charge in [-0.25, -0.2) is 0 Å². The van der Waals surface area contributed by atoms with Crippen molar-refractivity contribution in [3.63, 3.8) is 0 Å². The van der Waals surface area contributed by atoms with Gasteiger partial charge in [0.1, 0.15) is 0 Å². The Hall–Kier alpha value is -1.91. The molecule has 0 radical (unpaired) electrons. The highest BCUT2D eigenvalue weighted by Gasteiger charge is 2.24. The van der Waals surface area contributed by atoms with Crippen LogP contribution in [0, 0.1) is 5.92 Å². The number of hydrogen-bond donors (Lipinski definition) is 0. The van der Waals surface area contributed by atoms with Gasteiger partial charge in [-0.15, -0.1) is 0 Å². The number of carbonyl (C=O) groups excluding carboxylic acids is 2. The molecule has 0 aromatic carbocycles. The fraction of sp³-hybridized carbons (Fsp3) is 0.731. The lowest BCUT2D eigenvalue weighted by molar-refractivity contribution is -0.133. The average molecular weight is 436 g/mol. The van der Waals surface area contributed by atoms with Gasteiger partial charge in [-0.05, 0) is 37.3 Å². The van der Waals surface area contributed by atoms with Gasteiger partial charge in [-0.1, -0.05) is 61.0 Å². The van der Waals surface area contributed by atoms with E-state index >= 15 is 0 Å². The molecule has 0 N–H and O–H groups in total. The number of hydrogen-bond acceptors (Lipinski definition) is 3. The van der Waals surface area contributed by atoms with Gasteiger partial charge in [-0.3, -0.25) is 14.6 Å². The van der Waals surface area contributed by atoms with E-state index in [1.807, 2.05) is 84.9 Å². The smallest absolute Gasteiger partial charge is 0.222 e. The molecule has 5 nitrogen and oxygen atoms in total. The maximum absolute atomic E-state index is 11.3. The number of amides is 2. The third kappa shape index (κ3) is 12.5. The van der Waals surface area contributed by atoms with Crippen molar-refractivity contribution in [2.24, 2.45) is 5.92 Å². The van der Waals surface area contributed by atoms with Crippen molar-refractivity contribution in [1.29, 1.82) is 0 Å². The normalized spacial score (nSPS) is 19.9. The molecule has 0 spiro atoms. The number of likely N-dealkylation sites (tertiary alicyclic amines) is 2. The number of nitrogens with zero attached hydrogens (tertiary/aromatic N) is 3. The second-order valence-electron chi connectivity index (χ2n) is 7.23. The van der Waals surface area contributed by atoms with E-state index in [1.165, 1.54) is 12.8 Å². The summed E-state index contributed by atoms with van der Waals surface area (Å²) in [5, 5.41) is 0. The molecule has 3 rings (SSSR count). The maximum Gasteiger partial charge on any atom is 0.222 e. The number of rotatable bonds is 3. The van der Waals surface area contributed by atoms with Crippen molar-refractivity contribution in [3.05, 3.63) is 30.1 Å². The zero-order valence-corrected chi connectivity index (χ0v) is 21.8. The van der Waals surface area contributed by atoms with Gasteiger partial charge in [0.25, 0.3) is 0 Å². The first-order valence-corrected chi connectivity index (χ1v) is 12.4. The van der Waals surface area contributed by atoms with Crippen LogP contribution in [-0.2, 0) is 9.59 Å². The van der Waals surface area contributed by atoms with Crippen LogP contribution in [0.2, 0.25) is 0 Å². The van der Waals surface area contributed by atoms with Crippen LogP contribution >= 0.6 is 0 Å². The van der Waals surface area contributed by atoms with Crippen LogP contribution in [0.3, 0.4) is 0 Å². The van der Waals surface area contributed by atoms with Gasteiger partial charge in [0.15, 0.2) is 0 Å². The number of aromatic nitrogens is 1. The molecule has 2 atom stereocenters. The van der Waals surface area contributed by atoms with E-state index in [0.29, 0.717) is 18.2 Å². The molecular weight excluding hydrogens is 386 g/mol. The molecule has 180 valence electrons. The lowest BCUT2D eigenvalue weighted by Crippen LogP contribution is -2.36. The van der Waals surface area contributed by atoms with E-state index in [4.69, 9.17) is 0 Å². The van der Waals surface area contributed by atoms with Crippen molar-refractivity contribution < 1.29 is 9.59 Å². The monoisotopic (exact) mass is 435 g/mol. The summed E-state index contributed by atoms with van der Waals surface area (Å²) in [5.41, 5.74) is 1.10. The minimum absolute atomic E-state index is 0.247. The van der Waals surface area contributed by atoms with Crippen LogP contribution in [0.1, 0.15) is 98.6 Å². The van der Waals surface area contributed by atoms with Crippen molar-refractivity contribution in [1.82, 2.24) is 14.8 Å². The molecule has 1 aromatic heterocycles. The Morgan fingerprint density at radius 2 is 1.42 bits per heavy atom. The molecule has 3 heterocycles. The predicted octanol–water partition coefficient (Wildman–Crippen LogP) is 6.15. The number of carbonyl (C=O) groups is 2. The Balaban J connectivity index is 0. The fourth-order valence-electron chi connectivity index (χ4n) is 3.61. The summed E-state index contributed by atoms with van der Waals surface area (Å²) in [5.74, 6) is 1.75. The summed E-state index contributed by atoms with van der Waals surface area (Å²) in [7, 11) is 3.77. The SMILES string of the molecule is CC.CC.CC.CCCC1CCC(=O)N(C)C1.CN1CC(c2ccccn2)CCC1=O. The average Bonchev–Trinajstić information content (AvgIpc) is 2.83. The Labute approximate surface area is 192 Å². The zero-order chi connectivity index (χ0) is 24.2. The van der Waals surface area contributed by atoms with Gasteiger partial charge in [0.2, 0.25) is 11.8 Å². The van der Waals surface area contributed by atoms with E-state index in [9.17, 15) is 9.59 Å². The summed E-state index contributed by atoms with van der Waals surface area (Å²) in [6, 6.07) is 5.95. The Morgan fingerprint density at radius 3 is 1.87 bits per heavy atom. The Bertz CT molecular complexity index is 563. The summed E-state index contributed by atoms with van der Waals surface area (Å²) in [6.45, 7) is 16.0. The summed E-state index contributed by atoms with van der Waals surface area (Å²) < 4.78 is 0. The first-order valence-electron chi connectivity index (χ1n) is 12.4. The van der Waals surface area contributed by atoms with Crippen molar-refractivity contribution in [3.8, 4) is 0 Å². The summed E-state index contributed by atoms with van der Waals surface area (Å²) in [6.07, 6.45) is 7.78. The fourth-order valence-corrected chi connectivity index (χ4v) is 3.61. The van der Waals surface area contributed by atoms with Gasteiger partial charge >= 0.3 is 0 Å². The molecule has 2 saturated heterocycles. The molecule has 0 bridgehead atoms. The van der Waals surface area contributed by atoms with E-state index in [-0.39, 0.29) is 5.91 Å². The van der Waals surface area contributed by atoms with Crippen molar-refractivity contribution in [2.75, 3.05) is 27.2 Å². The third-order valence-corrected chi connectivity index (χ3v) is 5.15. The van der Waals surface area contributed by atoms with E-state index in [0.717, 1.165) is 44.0 Å². The standard InChI is InChI=1S/C11H14N2O.C9H17NO.3C2H6/c1-13-8-9(5-6-11(13)14)10-4-2-3-7-12-10;1-3-4-8-5-6-9(11)10(2)7-8;3*1-2/h2-4,7,9H,5-6,8H2,1H3;8H,3-7H2,1-2H3;3*1-2H3. The third-order valence-electron chi connectivity index (χ3n) is 5.15. The van der Waals surface area contributed by atoms with Crippen molar-refractivity contribution in [2.45, 2.75) is 92.9 Å². The summed E-state index contributed by atoms with van der Waals surface area (Å²) >= 11 is 0. The van der Waals surface area contributed by atoms with Crippen LogP contribution in [0.4, 0.5) is 0 Å². The van der Waals surface area contributed by atoms with Gasteiger partial charge in [0.05, 0.1) is 0 Å². The van der Waals surface area contributed by atoms with E-state index in [2.05, 4.69) is 11.9 Å². The molecule has 2 aliphatic heterocycles. The minimum atomic E-state index is 0.247. The Kier molecular flexibility index (Phi) is 20.2. The van der Waals surface area contributed by atoms with Gasteiger partial charge in [-0.2, -0.15) is 0 Å². The maximum atomic E-state index is 11.3. The highest BCUT2D eigenvalue weighted by Crippen LogP contribution is 2.24. The van der Waals surface area contributed by atoms with Crippen LogP contribution in [-0.4, -0.2) is 53.8 Å². The first kappa shape index (κ1) is 31.3. The summed E-state index contributed by atoms with van der Waals surface area (Å²) in [4.78, 5) is 30.3. The zero-order valence-electron chi connectivity index (χ0n) is 21.8. The lowest BCUT2D eigenvalue weighted by atomic mass is 9.94. The molecule has 2 fully saturated rings. The molecule has 1 aromatic rings. The number of pyridine rings is 1. The quantitative estimate of drug-likeness (QED) is 0.572. The molecule has 0 saturated carbocycles. The van der Waals surface area contributed by atoms with Crippen LogP contribution < -0.4 is 0 Å². The van der Waals surface area contributed by atoms with Gasteiger partial charge in [0, 0.05) is 57.8 Å².